The molecule has 1 amide bonds. The van der Waals surface area contributed by atoms with E-state index in [-0.39, 0.29) is 11.5 Å². The first-order valence-electron chi connectivity index (χ1n) is 11.2. The number of hydrogen-bond acceptors (Lipinski definition) is 5. The third kappa shape index (κ3) is 4.14. The van der Waals surface area contributed by atoms with Crippen LogP contribution in [0.5, 0.6) is 5.75 Å². The van der Waals surface area contributed by atoms with Gasteiger partial charge in [0.2, 0.25) is 0 Å². The van der Waals surface area contributed by atoms with Gasteiger partial charge in [0.1, 0.15) is 17.0 Å². The number of nitrogens with zero attached hydrogens (tertiary/aromatic N) is 4. The summed E-state index contributed by atoms with van der Waals surface area (Å²) >= 11 is 0. The Morgan fingerprint density at radius 3 is 2.66 bits per heavy atom. The van der Waals surface area contributed by atoms with Gasteiger partial charge in [-0.25, -0.2) is 0 Å². The number of hydrogen-bond donors (Lipinski definition) is 1. The van der Waals surface area contributed by atoms with Crippen molar-refractivity contribution in [2.75, 3.05) is 40.3 Å². The lowest BCUT2D eigenvalue weighted by Crippen LogP contribution is -2.47. The minimum Gasteiger partial charge on any atom is -0.494 e. The lowest BCUT2D eigenvalue weighted by atomic mass is 10.1. The molecule has 0 atom stereocenters. The largest absolute Gasteiger partial charge is 0.494 e. The summed E-state index contributed by atoms with van der Waals surface area (Å²) in [6.45, 7) is 7.79. The van der Waals surface area contributed by atoms with Gasteiger partial charge in [-0.05, 0) is 32.5 Å². The predicted molar refractivity (Wildman–Crippen MR) is 125 cm³/mol. The first-order chi connectivity index (χ1) is 15.4. The van der Waals surface area contributed by atoms with E-state index < -0.39 is 0 Å². The summed E-state index contributed by atoms with van der Waals surface area (Å²) in [7, 11) is 3.64. The van der Waals surface area contributed by atoms with E-state index in [9.17, 15) is 9.59 Å². The number of rotatable bonds is 6. The Bertz CT molecular complexity index is 1190. The molecule has 1 fully saturated rings. The molecule has 3 aromatic heterocycles. The van der Waals surface area contributed by atoms with Crippen LogP contribution in [0.4, 0.5) is 0 Å². The number of carbonyl (C=O) groups excluding carboxylic acids is 1. The Morgan fingerprint density at radius 1 is 1.22 bits per heavy atom. The molecule has 1 N–H and O–H groups in total. The minimum absolute atomic E-state index is 0.0360. The van der Waals surface area contributed by atoms with Gasteiger partial charge < -0.3 is 24.1 Å². The van der Waals surface area contributed by atoms with Gasteiger partial charge in [-0.1, -0.05) is 13.3 Å². The predicted octanol–water partition coefficient (Wildman–Crippen LogP) is 2.90. The van der Waals surface area contributed by atoms with Crippen LogP contribution in [-0.4, -0.2) is 70.6 Å². The summed E-state index contributed by atoms with van der Waals surface area (Å²) in [6, 6.07) is 3.72. The van der Waals surface area contributed by atoms with E-state index in [0.717, 1.165) is 42.6 Å². The molecule has 1 aliphatic rings. The van der Waals surface area contributed by atoms with Gasteiger partial charge in [0, 0.05) is 61.8 Å². The number of pyridine rings is 2. The number of carbonyl (C=O) groups is 1. The summed E-state index contributed by atoms with van der Waals surface area (Å²) in [5.41, 5.74) is 3.39. The molecule has 4 rings (SSSR count). The van der Waals surface area contributed by atoms with E-state index in [4.69, 9.17) is 4.74 Å². The average Bonchev–Trinajstić information content (AvgIpc) is 3.20. The van der Waals surface area contributed by atoms with E-state index in [1.807, 2.05) is 24.1 Å². The van der Waals surface area contributed by atoms with Crippen molar-refractivity contribution in [2.24, 2.45) is 0 Å². The van der Waals surface area contributed by atoms with Gasteiger partial charge in [0.15, 0.2) is 0 Å². The molecule has 170 valence electrons. The molecule has 3 aromatic rings. The summed E-state index contributed by atoms with van der Waals surface area (Å²) in [5, 5.41) is 0.809. The minimum atomic E-state index is -0.0361. The maximum Gasteiger partial charge on any atom is 0.274 e. The van der Waals surface area contributed by atoms with Crippen molar-refractivity contribution in [1.82, 2.24) is 24.3 Å². The molecule has 8 heteroatoms. The molecule has 8 nitrogen and oxygen atoms in total. The molecular weight excluding hydrogens is 406 g/mol. The number of amides is 1. The van der Waals surface area contributed by atoms with Crippen molar-refractivity contribution in [3.63, 3.8) is 0 Å². The van der Waals surface area contributed by atoms with E-state index in [2.05, 4.69) is 28.8 Å². The summed E-state index contributed by atoms with van der Waals surface area (Å²) in [4.78, 5) is 37.9. The number of aromatic nitrogens is 3. The van der Waals surface area contributed by atoms with Crippen LogP contribution in [0.2, 0.25) is 0 Å². The molecule has 32 heavy (non-hydrogen) atoms. The van der Waals surface area contributed by atoms with Gasteiger partial charge in [-0.2, -0.15) is 0 Å². The van der Waals surface area contributed by atoms with Crippen LogP contribution in [-0.2, 0) is 6.54 Å². The summed E-state index contributed by atoms with van der Waals surface area (Å²) in [5.74, 6) is 0.483. The number of aromatic amines is 1. The average molecular weight is 438 g/mol. The van der Waals surface area contributed by atoms with Crippen LogP contribution in [0.3, 0.4) is 0 Å². The first kappa shape index (κ1) is 22.1. The monoisotopic (exact) mass is 437 g/mol. The van der Waals surface area contributed by atoms with Crippen molar-refractivity contribution in [3.8, 4) is 17.0 Å². The molecule has 1 saturated heterocycles. The number of ether oxygens (including phenoxy) is 1. The summed E-state index contributed by atoms with van der Waals surface area (Å²) < 4.78 is 7.40. The number of unbranched alkanes of at least 4 members (excludes halogenated alkanes) is 1. The second-order valence-electron chi connectivity index (χ2n) is 8.51. The lowest BCUT2D eigenvalue weighted by molar-refractivity contribution is 0.0663. The Hall–Kier alpha value is -3.13. The molecule has 0 aliphatic carbocycles. The lowest BCUT2D eigenvalue weighted by Gasteiger charge is -2.32. The van der Waals surface area contributed by atoms with Gasteiger partial charge in [0.25, 0.3) is 11.5 Å². The SMILES string of the molecule is CCCCn1cc(-c2ncc(C(=O)N3CCN(C)CC3)cc2OC)c2cc(C)[nH]c2c1=O. The highest BCUT2D eigenvalue weighted by Crippen LogP contribution is 2.33. The fraction of sp³-hybridized carbons (Fsp3) is 0.458. The Balaban J connectivity index is 1.77. The normalized spacial score (nSPS) is 14.8. The van der Waals surface area contributed by atoms with Crippen molar-refractivity contribution in [3.05, 3.63) is 46.1 Å². The second-order valence-corrected chi connectivity index (χ2v) is 8.51. The number of nitrogens with one attached hydrogen (secondary N) is 1. The van der Waals surface area contributed by atoms with Gasteiger partial charge >= 0.3 is 0 Å². The van der Waals surface area contributed by atoms with Gasteiger partial charge in [-0.15, -0.1) is 0 Å². The molecule has 0 spiro atoms. The molecule has 1 aliphatic heterocycles. The zero-order valence-corrected chi connectivity index (χ0v) is 19.3. The smallest absolute Gasteiger partial charge is 0.274 e. The van der Waals surface area contributed by atoms with Crippen LogP contribution < -0.4 is 10.3 Å². The number of fused-ring (bicyclic) bond motifs is 1. The maximum absolute atomic E-state index is 13.0. The van der Waals surface area contributed by atoms with Crippen LogP contribution in [0.15, 0.2) is 29.3 Å². The van der Waals surface area contributed by atoms with Crippen molar-refractivity contribution in [2.45, 2.75) is 33.2 Å². The standard InChI is InChI=1S/C24H31N5O3/c1-5-6-7-29-15-19(18-12-16(2)26-22(18)24(29)31)21-20(32-4)13-17(14-25-21)23(30)28-10-8-27(3)9-11-28/h12-15,26H,5-11H2,1-4H3. The van der Waals surface area contributed by atoms with Crippen LogP contribution >= 0.6 is 0 Å². The Kier molecular flexibility index (Phi) is 6.32. The van der Waals surface area contributed by atoms with Gasteiger partial charge in [0.05, 0.1) is 12.7 Å². The fourth-order valence-electron chi connectivity index (χ4n) is 4.19. The molecule has 0 aromatic carbocycles. The number of methoxy groups -OCH3 is 1. The number of aryl methyl sites for hydroxylation is 2. The molecular formula is C24H31N5O3. The Labute approximate surface area is 187 Å². The second kappa shape index (κ2) is 9.16. The van der Waals surface area contributed by atoms with Crippen molar-refractivity contribution in [1.29, 1.82) is 0 Å². The topological polar surface area (TPSA) is 83.5 Å². The van der Waals surface area contributed by atoms with Crippen LogP contribution in [0.1, 0.15) is 35.8 Å². The highest BCUT2D eigenvalue weighted by molar-refractivity contribution is 5.98. The first-order valence-corrected chi connectivity index (χ1v) is 11.2. The molecule has 0 saturated carbocycles. The number of piperazine rings is 1. The van der Waals surface area contributed by atoms with E-state index in [0.29, 0.717) is 42.2 Å². The van der Waals surface area contributed by atoms with E-state index >= 15 is 0 Å². The van der Waals surface area contributed by atoms with Crippen LogP contribution in [0.25, 0.3) is 22.2 Å². The van der Waals surface area contributed by atoms with Crippen molar-refractivity contribution >= 4 is 16.8 Å². The highest BCUT2D eigenvalue weighted by atomic mass is 16.5. The molecule has 4 heterocycles. The fourth-order valence-corrected chi connectivity index (χ4v) is 4.19. The van der Waals surface area contributed by atoms with Crippen molar-refractivity contribution < 1.29 is 9.53 Å². The number of likely N-dealkylation sites (N-methyl/N-ethyl adjacent to an activating group) is 1. The highest BCUT2D eigenvalue weighted by Gasteiger charge is 2.23. The van der Waals surface area contributed by atoms with Gasteiger partial charge in [-0.3, -0.25) is 14.6 Å². The van der Waals surface area contributed by atoms with Crippen LogP contribution in [0, 0.1) is 6.92 Å². The molecule has 0 radical (unpaired) electrons. The van der Waals surface area contributed by atoms with E-state index in [1.165, 1.54) is 0 Å². The number of H-pyrrole nitrogens is 1. The van der Waals surface area contributed by atoms with E-state index in [1.54, 1.807) is 23.9 Å². The third-order valence-electron chi connectivity index (χ3n) is 6.12. The molecule has 0 unspecified atom stereocenters. The zero-order chi connectivity index (χ0) is 22.8. The summed E-state index contributed by atoms with van der Waals surface area (Å²) in [6.07, 6.45) is 5.38. The third-order valence-corrected chi connectivity index (χ3v) is 6.12. The molecule has 0 bridgehead atoms. The quantitative estimate of drug-likeness (QED) is 0.641. The maximum atomic E-state index is 13.0. The Morgan fingerprint density at radius 2 is 1.97 bits per heavy atom. The zero-order valence-electron chi connectivity index (χ0n) is 19.3.